The van der Waals surface area contributed by atoms with Crippen LogP contribution in [0.4, 0.5) is 0 Å². The third kappa shape index (κ3) is 0.714. The van der Waals surface area contributed by atoms with Crippen molar-refractivity contribution in [3.05, 3.63) is 0 Å². The van der Waals surface area contributed by atoms with Gasteiger partial charge in [-0.2, -0.15) is 0 Å². The van der Waals surface area contributed by atoms with Crippen molar-refractivity contribution in [3.8, 4) is 0 Å². The zero-order chi connectivity index (χ0) is 12.1. The molecule has 5 unspecified atom stereocenters. The fourth-order valence-electron chi connectivity index (χ4n) is 7.40. The predicted molar refractivity (Wildman–Crippen MR) is 65.2 cm³/mol. The standard InChI is InChI=1S/C14H22N2O/c1-11-5-9-6-13(16-10(17)3-4-15)8-12(2,7-11)14(9,11)13/h9H,3-8,15H2,1-2H3,(H,16,17). The first-order valence-electron chi connectivity index (χ1n) is 6.94. The van der Waals surface area contributed by atoms with E-state index in [4.69, 9.17) is 5.73 Å². The van der Waals surface area contributed by atoms with Gasteiger partial charge in [0.05, 0.1) is 0 Å². The fourth-order valence-corrected chi connectivity index (χ4v) is 7.40. The highest BCUT2D eigenvalue weighted by atomic mass is 16.1. The summed E-state index contributed by atoms with van der Waals surface area (Å²) in [6.07, 6.45) is 5.70. The van der Waals surface area contributed by atoms with Crippen LogP contribution in [0.2, 0.25) is 0 Å². The molecular formula is C14H22N2O. The number of carbonyl (C=O) groups is 1. The number of nitrogens with one attached hydrogen (secondary N) is 1. The summed E-state index contributed by atoms with van der Waals surface area (Å²) < 4.78 is 0. The molecule has 4 aliphatic carbocycles. The van der Waals surface area contributed by atoms with E-state index in [1.165, 1.54) is 25.7 Å². The number of nitrogens with two attached hydrogens (primary N) is 1. The van der Waals surface area contributed by atoms with Gasteiger partial charge in [0, 0.05) is 23.9 Å². The monoisotopic (exact) mass is 234 g/mol. The molecule has 0 radical (unpaired) electrons. The summed E-state index contributed by atoms with van der Waals surface area (Å²) in [4.78, 5) is 11.8. The molecule has 0 aromatic rings. The summed E-state index contributed by atoms with van der Waals surface area (Å²) in [6.45, 7) is 5.34. The Morgan fingerprint density at radius 2 is 2.06 bits per heavy atom. The highest BCUT2D eigenvalue weighted by Crippen LogP contribution is 2.98. The van der Waals surface area contributed by atoms with Crippen molar-refractivity contribution >= 4 is 5.91 Å². The van der Waals surface area contributed by atoms with Gasteiger partial charge in [0.1, 0.15) is 0 Å². The Bertz CT molecular complexity index is 426. The molecule has 1 spiro atoms. The van der Waals surface area contributed by atoms with E-state index >= 15 is 0 Å². The van der Waals surface area contributed by atoms with Gasteiger partial charge in [-0.1, -0.05) is 13.8 Å². The van der Waals surface area contributed by atoms with Crippen LogP contribution in [0, 0.1) is 22.2 Å². The Kier molecular flexibility index (Phi) is 1.48. The zero-order valence-electron chi connectivity index (χ0n) is 10.8. The second-order valence-electron chi connectivity index (χ2n) is 7.56. The molecule has 3 N–H and O–H groups in total. The van der Waals surface area contributed by atoms with Crippen LogP contribution in [0.3, 0.4) is 0 Å². The van der Waals surface area contributed by atoms with Crippen molar-refractivity contribution in [2.45, 2.75) is 51.5 Å². The first-order valence-corrected chi connectivity index (χ1v) is 6.94. The highest BCUT2D eigenvalue weighted by Gasteiger charge is 2.96. The number of carbonyl (C=O) groups excluding carboxylic acids is 1. The average Bonchev–Trinajstić information content (AvgIpc) is 2.11. The molecule has 4 fully saturated rings. The maximum atomic E-state index is 11.8. The quantitative estimate of drug-likeness (QED) is 0.776. The molecular weight excluding hydrogens is 212 g/mol. The summed E-state index contributed by atoms with van der Waals surface area (Å²) in [6, 6.07) is 0. The molecule has 0 bridgehead atoms. The van der Waals surface area contributed by atoms with Crippen LogP contribution >= 0.6 is 0 Å². The van der Waals surface area contributed by atoms with Crippen LogP contribution in [0.1, 0.15) is 46.0 Å². The predicted octanol–water partition coefficient (Wildman–Crippen LogP) is 1.42. The van der Waals surface area contributed by atoms with Gasteiger partial charge in [-0.3, -0.25) is 4.79 Å². The first kappa shape index (κ1) is 10.4. The second kappa shape index (κ2) is 2.42. The topological polar surface area (TPSA) is 55.1 Å². The van der Waals surface area contributed by atoms with Crippen LogP contribution in [0.15, 0.2) is 0 Å². The molecule has 94 valence electrons. The van der Waals surface area contributed by atoms with E-state index in [9.17, 15) is 4.79 Å². The molecule has 0 aliphatic heterocycles. The number of amides is 1. The molecule has 4 aliphatic rings. The van der Waals surface area contributed by atoms with Crippen LogP contribution in [-0.2, 0) is 4.79 Å². The first-order chi connectivity index (χ1) is 7.93. The maximum absolute atomic E-state index is 11.8. The van der Waals surface area contributed by atoms with E-state index in [-0.39, 0.29) is 11.4 Å². The van der Waals surface area contributed by atoms with Gasteiger partial charge in [0.2, 0.25) is 5.91 Å². The summed E-state index contributed by atoms with van der Waals surface area (Å²) in [5.41, 5.74) is 7.20. The van der Waals surface area contributed by atoms with Crippen molar-refractivity contribution in [2.75, 3.05) is 6.54 Å². The third-order valence-corrected chi connectivity index (χ3v) is 6.79. The number of hydrogen-bond acceptors (Lipinski definition) is 2. The molecule has 4 rings (SSSR count). The largest absolute Gasteiger partial charge is 0.350 e. The molecule has 5 atom stereocenters. The molecule has 3 heteroatoms. The van der Waals surface area contributed by atoms with Gasteiger partial charge in [-0.15, -0.1) is 0 Å². The highest BCUT2D eigenvalue weighted by molar-refractivity contribution is 5.78. The minimum absolute atomic E-state index is 0.170. The molecule has 17 heavy (non-hydrogen) atoms. The lowest BCUT2D eigenvalue weighted by Gasteiger charge is -2.99. The Labute approximate surface area is 103 Å². The molecule has 4 saturated carbocycles. The van der Waals surface area contributed by atoms with E-state index in [1.807, 2.05) is 0 Å². The van der Waals surface area contributed by atoms with Crippen molar-refractivity contribution in [3.63, 3.8) is 0 Å². The second-order valence-corrected chi connectivity index (χ2v) is 7.56. The lowest BCUT2D eigenvalue weighted by atomic mass is 9.07. The summed E-state index contributed by atoms with van der Waals surface area (Å²) in [7, 11) is 0. The van der Waals surface area contributed by atoms with E-state index in [1.54, 1.807) is 0 Å². The normalized spacial score (nSPS) is 60.8. The average molecular weight is 234 g/mol. The third-order valence-electron chi connectivity index (χ3n) is 6.79. The van der Waals surface area contributed by atoms with E-state index in [0.29, 0.717) is 29.2 Å². The summed E-state index contributed by atoms with van der Waals surface area (Å²) in [5, 5.41) is 3.34. The molecule has 0 heterocycles. The van der Waals surface area contributed by atoms with Crippen LogP contribution in [0.25, 0.3) is 0 Å². The number of hydrogen-bond donors (Lipinski definition) is 2. The van der Waals surface area contributed by atoms with Gasteiger partial charge in [-0.05, 0) is 42.4 Å². The van der Waals surface area contributed by atoms with E-state index in [0.717, 1.165) is 5.92 Å². The molecule has 3 nitrogen and oxygen atoms in total. The summed E-state index contributed by atoms with van der Waals surface area (Å²) >= 11 is 0. The SMILES string of the molecule is CC12CC3CC4(NC(=O)CCN)CC(C)(C1)C324. The van der Waals surface area contributed by atoms with Gasteiger partial charge >= 0.3 is 0 Å². The van der Waals surface area contributed by atoms with Crippen LogP contribution in [0.5, 0.6) is 0 Å². The number of rotatable bonds is 3. The van der Waals surface area contributed by atoms with Crippen molar-refractivity contribution in [1.29, 1.82) is 0 Å². The summed E-state index contributed by atoms with van der Waals surface area (Å²) in [5.74, 6) is 1.07. The Morgan fingerprint density at radius 3 is 2.59 bits per heavy atom. The van der Waals surface area contributed by atoms with Gasteiger partial charge < -0.3 is 11.1 Å². The van der Waals surface area contributed by atoms with E-state index in [2.05, 4.69) is 19.2 Å². The zero-order valence-corrected chi connectivity index (χ0v) is 10.8. The van der Waals surface area contributed by atoms with Crippen molar-refractivity contribution in [1.82, 2.24) is 5.32 Å². The van der Waals surface area contributed by atoms with Crippen molar-refractivity contribution in [2.24, 2.45) is 27.9 Å². The maximum Gasteiger partial charge on any atom is 0.221 e. The minimum atomic E-state index is 0.170. The Hall–Kier alpha value is -0.570. The minimum Gasteiger partial charge on any atom is -0.350 e. The molecule has 0 saturated heterocycles. The molecule has 0 aromatic carbocycles. The Morgan fingerprint density at radius 1 is 1.29 bits per heavy atom. The lowest BCUT2D eigenvalue weighted by Crippen LogP contribution is -2.99. The van der Waals surface area contributed by atoms with Crippen molar-refractivity contribution < 1.29 is 4.79 Å². The van der Waals surface area contributed by atoms with Gasteiger partial charge in [0.25, 0.3) is 0 Å². The van der Waals surface area contributed by atoms with Gasteiger partial charge in [-0.25, -0.2) is 0 Å². The van der Waals surface area contributed by atoms with Crippen LogP contribution in [-0.4, -0.2) is 18.0 Å². The molecule has 0 aromatic heterocycles. The van der Waals surface area contributed by atoms with Crippen LogP contribution < -0.4 is 11.1 Å². The molecule has 1 amide bonds. The lowest BCUT2D eigenvalue weighted by molar-refractivity contribution is -0.482. The van der Waals surface area contributed by atoms with E-state index < -0.39 is 0 Å². The smallest absolute Gasteiger partial charge is 0.221 e. The fraction of sp³-hybridized carbons (Fsp3) is 0.929. The Balaban J connectivity index is 1.60. The van der Waals surface area contributed by atoms with Gasteiger partial charge in [0.15, 0.2) is 0 Å².